The number of hydrogen-bond acceptors (Lipinski definition) is 7. The van der Waals surface area contributed by atoms with Crippen molar-refractivity contribution in [3.05, 3.63) is 53.0 Å². The first-order valence-electron chi connectivity index (χ1n) is 8.53. The zero-order valence-electron chi connectivity index (χ0n) is 16.0. The molecule has 0 saturated heterocycles. The number of nitrogens with zero attached hydrogens (tertiary/aromatic N) is 2. The minimum Gasteiger partial charge on any atom is -0.463 e. The highest BCUT2D eigenvalue weighted by Gasteiger charge is 2.18. The van der Waals surface area contributed by atoms with E-state index in [-0.39, 0.29) is 11.2 Å². The number of furan rings is 1. The summed E-state index contributed by atoms with van der Waals surface area (Å²) in [6.07, 6.45) is 0. The molecule has 27 heavy (non-hydrogen) atoms. The SMILES string of the molecule is COC(=O)c1oc(CSc2nnc(-c3ccc(C(C)(C)C)cc3)o2)cc1C. The molecule has 142 valence electrons. The molecule has 0 aliphatic heterocycles. The first kappa shape index (κ1) is 19.2. The van der Waals surface area contributed by atoms with Gasteiger partial charge in [-0.05, 0) is 36.1 Å². The zero-order valence-corrected chi connectivity index (χ0v) is 16.8. The molecule has 0 amide bonds. The first-order chi connectivity index (χ1) is 12.8. The summed E-state index contributed by atoms with van der Waals surface area (Å²) >= 11 is 1.35. The van der Waals surface area contributed by atoms with Crippen molar-refractivity contribution >= 4 is 17.7 Å². The van der Waals surface area contributed by atoms with E-state index in [1.165, 1.54) is 24.4 Å². The molecule has 0 N–H and O–H groups in total. The lowest BCUT2D eigenvalue weighted by Gasteiger charge is -2.18. The predicted molar refractivity (Wildman–Crippen MR) is 103 cm³/mol. The van der Waals surface area contributed by atoms with Gasteiger partial charge in [-0.15, -0.1) is 10.2 Å². The highest BCUT2D eigenvalue weighted by atomic mass is 32.2. The van der Waals surface area contributed by atoms with Crippen LogP contribution in [-0.2, 0) is 15.9 Å². The van der Waals surface area contributed by atoms with E-state index in [1.807, 2.05) is 18.2 Å². The van der Waals surface area contributed by atoms with Crippen LogP contribution in [0.5, 0.6) is 0 Å². The molecule has 0 fully saturated rings. The fourth-order valence-electron chi connectivity index (χ4n) is 2.54. The molecule has 3 rings (SSSR count). The van der Waals surface area contributed by atoms with Gasteiger partial charge in [-0.1, -0.05) is 44.7 Å². The first-order valence-corrected chi connectivity index (χ1v) is 9.51. The van der Waals surface area contributed by atoms with E-state index in [0.717, 1.165) is 11.1 Å². The van der Waals surface area contributed by atoms with E-state index in [4.69, 9.17) is 13.6 Å². The van der Waals surface area contributed by atoms with Crippen LogP contribution in [0.2, 0.25) is 0 Å². The van der Waals surface area contributed by atoms with Crippen LogP contribution in [0.15, 0.2) is 44.4 Å². The third-order valence-corrected chi connectivity index (χ3v) is 4.92. The molecule has 1 aromatic carbocycles. The number of esters is 1. The van der Waals surface area contributed by atoms with Crippen molar-refractivity contribution in [2.75, 3.05) is 7.11 Å². The molecule has 0 aliphatic carbocycles. The van der Waals surface area contributed by atoms with Gasteiger partial charge in [0.15, 0.2) is 0 Å². The van der Waals surface area contributed by atoms with Gasteiger partial charge in [0.25, 0.3) is 5.22 Å². The Kier molecular flexibility index (Phi) is 5.41. The van der Waals surface area contributed by atoms with Crippen LogP contribution >= 0.6 is 11.8 Å². The molecule has 0 radical (unpaired) electrons. The van der Waals surface area contributed by atoms with Crippen LogP contribution in [-0.4, -0.2) is 23.3 Å². The van der Waals surface area contributed by atoms with Crippen molar-refractivity contribution in [3.63, 3.8) is 0 Å². The number of aryl methyl sites for hydroxylation is 1. The van der Waals surface area contributed by atoms with Gasteiger partial charge in [0.1, 0.15) is 5.76 Å². The molecule has 0 spiro atoms. The van der Waals surface area contributed by atoms with Crippen LogP contribution in [0, 0.1) is 6.92 Å². The number of ether oxygens (including phenoxy) is 1. The maximum absolute atomic E-state index is 11.6. The van der Waals surface area contributed by atoms with Crippen molar-refractivity contribution in [1.29, 1.82) is 0 Å². The number of rotatable bonds is 5. The van der Waals surface area contributed by atoms with E-state index in [2.05, 4.69) is 43.1 Å². The second-order valence-electron chi connectivity index (χ2n) is 7.21. The van der Waals surface area contributed by atoms with Gasteiger partial charge in [-0.25, -0.2) is 4.79 Å². The Morgan fingerprint density at radius 1 is 1.15 bits per heavy atom. The number of benzene rings is 1. The number of thioether (sulfide) groups is 1. The molecule has 0 aliphatic rings. The van der Waals surface area contributed by atoms with Gasteiger partial charge >= 0.3 is 5.97 Å². The van der Waals surface area contributed by atoms with E-state index >= 15 is 0 Å². The second kappa shape index (κ2) is 7.60. The summed E-state index contributed by atoms with van der Waals surface area (Å²) in [6.45, 7) is 8.32. The number of carbonyl (C=O) groups is 1. The van der Waals surface area contributed by atoms with Gasteiger partial charge in [0.05, 0.1) is 12.9 Å². The van der Waals surface area contributed by atoms with Crippen LogP contribution in [0.3, 0.4) is 0 Å². The zero-order chi connectivity index (χ0) is 19.6. The number of aromatic nitrogens is 2. The van der Waals surface area contributed by atoms with Crippen LogP contribution in [0.4, 0.5) is 0 Å². The van der Waals surface area contributed by atoms with Crippen LogP contribution in [0.1, 0.15) is 48.2 Å². The average Bonchev–Trinajstić information content (AvgIpc) is 3.25. The standard InChI is InChI=1S/C20H22N2O4S/c1-12-10-15(25-16(12)18(23)24-5)11-27-19-22-21-17(26-19)13-6-8-14(9-7-13)20(2,3)4/h6-10H,11H2,1-5H3. The molecule has 6 nitrogen and oxygen atoms in total. The maximum atomic E-state index is 11.6. The minimum absolute atomic E-state index is 0.0958. The summed E-state index contributed by atoms with van der Waals surface area (Å²) in [5.41, 5.74) is 2.96. The lowest BCUT2D eigenvalue weighted by atomic mass is 9.87. The molecular formula is C20H22N2O4S. The molecule has 3 aromatic rings. The molecule has 7 heteroatoms. The van der Waals surface area contributed by atoms with Crippen molar-refractivity contribution < 1.29 is 18.4 Å². The number of methoxy groups -OCH3 is 1. The summed E-state index contributed by atoms with van der Waals surface area (Å²) in [5.74, 6) is 1.33. The molecule has 0 unspecified atom stereocenters. The summed E-state index contributed by atoms with van der Waals surface area (Å²) in [7, 11) is 1.33. The minimum atomic E-state index is -0.484. The summed E-state index contributed by atoms with van der Waals surface area (Å²) < 4.78 is 16.0. The highest BCUT2D eigenvalue weighted by Crippen LogP contribution is 2.29. The van der Waals surface area contributed by atoms with E-state index < -0.39 is 5.97 Å². The Hall–Kier alpha value is -2.54. The number of hydrogen-bond donors (Lipinski definition) is 0. The molecular weight excluding hydrogens is 364 g/mol. The van der Waals surface area contributed by atoms with Crippen LogP contribution in [0.25, 0.3) is 11.5 Å². The highest BCUT2D eigenvalue weighted by molar-refractivity contribution is 7.98. The van der Waals surface area contributed by atoms with Gasteiger partial charge in [0, 0.05) is 11.1 Å². The van der Waals surface area contributed by atoms with Gasteiger partial charge in [0.2, 0.25) is 11.7 Å². The van der Waals surface area contributed by atoms with Crippen molar-refractivity contribution in [1.82, 2.24) is 10.2 Å². The van der Waals surface area contributed by atoms with Crippen molar-refractivity contribution in [2.24, 2.45) is 0 Å². The molecule has 0 bridgehead atoms. The van der Waals surface area contributed by atoms with E-state index in [9.17, 15) is 4.79 Å². The fourth-order valence-corrected chi connectivity index (χ4v) is 3.19. The lowest BCUT2D eigenvalue weighted by Crippen LogP contribution is -2.10. The third-order valence-electron chi connectivity index (χ3n) is 4.08. The third kappa shape index (κ3) is 4.42. The molecule has 2 aromatic heterocycles. The Morgan fingerprint density at radius 2 is 1.85 bits per heavy atom. The summed E-state index contributed by atoms with van der Waals surface area (Å²) in [4.78, 5) is 11.6. The number of carbonyl (C=O) groups excluding carboxylic acids is 1. The van der Waals surface area contributed by atoms with Crippen molar-refractivity contribution in [2.45, 2.75) is 44.1 Å². The second-order valence-corrected chi connectivity index (χ2v) is 8.13. The smallest absolute Gasteiger partial charge is 0.374 e. The topological polar surface area (TPSA) is 78.4 Å². The van der Waals surface area contributed by atoms with Gasteiger partial charge in [-0.2, -0.15) is 0 Å². The molecule has 2 heterocycles. The largest absolute Gasteiger partial charge is 0.463 e. The van der Waals surface area contributed by atoms with E-state index in [1.54, 1.807) is 6.92 Å². The normalized spacial score (nSPS) is 11.6. The Bertz CT molecular complexity index is 936. The summed E-state index contributed by atoms with van der Waals surface area (Å²) in [6, 6.07) is 9.93. The average molecular weight is 386 g/mol. The van der Waals surface area contributed by atoms with E-state index in [0.29, 0.717) is 22.6 Å². The Labute approximate surface area is 162 Å². The maximum Gasteiger partial charge on any atom is 0.374 e. The molecule has 0 saturated carbocycles. The predicted octanol–water partition coefficient (Wildman–Crippen LogP) is 5.01. The quantitative estimate of drug-likeness (QED) is 0.450. The van der Waals surface area contributed by atoms with Gasteiger partial charge < -0.3 is 13.6 Å². The van der Waals surface area contributed by atoms with Gasteiger partial charge in [-0.3, -0.25) is 0 Å². The monoisotopic (exact) mass is 386 g/mol. The Morgan fingerprint density at radius 3 is 2.48 bits per heavy atom. The fraction of sp³-hybridized carbons (Fsp3) is 0.350. The lowest BCUT2D eigenvalue weighted by molar-refractivity contribution is 0.0562. The summed E-state index contributed by atoms with van der Waals surface area (Å²) in [5, 5.41) is 8.63. The Balaban J connectivity index is 1.67. The van der Waals surface area contributed by atoms with Crippen molar-refractivity contribution in [3.8, 4) is 11.5 Å². The van der Waals surface area contributed by atoms with Crippen LogP contribution < -0.4 is 0 Å². The molecule has 0 atom stereocenters.